The maximum atomic E-state index is 13.6. The van der Waals surface area contributed by atoms with Crippen molar-refractivity contribution in [3.63, 3.8) is 0 Å². The molecule has 2 aromatic rings. The van der Waals surface area contributed by atoms with Crippen molar-refractivity contribution in [3.05, 3.63) is 74.1 Å². The second kappa shape index (κ2) is 9.71. The fraction of sp³-hybridized carbons (Fsp3) is 0.350. The topological polar surface area (TPSA) is 139 Å². The summed E-state index contributed by atoms with van der Waals surface area (Å²) in [6.45, 7) is 5.87. The van der Waals surface area contributed by atoms with Crippen molar-refractivity contribution in [2.24, 2.45) is 5.41 Å². The third-order valence-electron chi connectivity index (χ3n) is 4.87. The van der Waals surface area contributed by atoms with Gasteiger partial charge >= 0.3 is 17.5 Å². The summed E-state index contributed by atoms with van der Waals surface area (Å²) in [5, 5.41) is 33.1. The third-order valence-corrected chi connectivity index (χ3v) is 4.87. The van der Waals surface area contributed by atoms with E-state index >= 15 is 0 Å². The number of carbonyl (C=O) groups is 1. The number of nitrogens with one attached hydrogen (secondary N) is 1. The Bertz CT molecular complexity index is 1060. The summed E-state index contributed by atoms with van der Waals surface area (Å²) >= 11 is 0. The van der Waals surface area contributed by atoms with E-state index in [-0.39, 0.29) is 29.7 Å². The average Bonchev–Trinajstić information content (AvgIpc) is 2.62. The number of halogens is 3. The Morgan fingerprint density at radius 3 is 1.85 bits per heavy atom. The lowest BCUT2D eigenvalue weighted by molar-refractivity contribution is -0.390. The van der Waals surface area contributed by atoms with E-state index in [1.54, 1.807) is 0 Å². The number of rotatable bonds is 4. The maximum Gasteiger partial charge on any atom is 0.407 e. The van der Waals surface area contributed by atoms with Crippen LogP contribution in [-0.4, -0.2) is 44.6 Å². The van der Waals surface area contributed by atoms with Crippen LogP contribution in [0, 0.1) is 43.1 Å². The summed E-state index contributed by atoms with van der Waals surface area (Å²) in [5.41, 5.74) is -2.01. The van der Waals surface area contributed by atoms with Crippen LogP contribution in [0.3, 0.4) is 0 Å². The van der Waals surface area contributed by atoms with E-state index in [9.17, 15) is 38.2 Å². The number of anilines is 1. The first-order valence-electron chi connectivity index (χ1n) is 9.53. The number of nitro benzene ring substituents is 2. The molecular weight excluding hydrogens is 449 g/mol. The summed E-state index contributed by atoms with van der Waals surface area (Å²) in [6.07, 6.45) is -1.04. The van der Waals surface area contributed by atoms with Crippen molar-refractivity contribution in [1.29, 1.82) is 0 Å². The molecule has 2 N–H and O–H groups in total. The molecule has 1 amide bonds. The Balaban J connectivity index is 0.000000294. The molecule has 178 valence electrons. The maximum absolute atomic E-state index is 13.6. The summed E-state index contributed by atoms with van der Waals surface area (Å²) in [5.74, 6) is -3.23. The van der Waals surface area contributed by atoms with Gasteiger partial charge in [-0.3, -0.25) is 20.2 Å². The molecule has 1 saturated heterocycles. The van der Waals surface area contributed by atoms with Gasteiger partial charge in [-0.25, -0.2) is 4.79 Å². The molecule has 0 aliphatic carbocycles. The van der Waals surface area contributed by atoms with E-state index in [1.165, 1.54) is 17.0 Å². The van der Waals surface area contributed by atoms with Gasteiger partial charge < -0.3 is 15.3 Å². The summed E-state index contributed by atoms with van der Waals surface area (Å²) in [4.78, 5) is 31.6. The van der Waals surface area contributed by atoms with Gasteiger partial charge in [0.25, 0.3) is 0 Å². The SMILES string of the molecule is CC(C)(C)C1C(Nc2cccc(F)c2[N+](=O)[O-])CN1C(=O)O.O=[N+]([O-])c1c(F)cccc1F. The molecule has 1 fully saturated rings. The van der Waals surface area contributed by atoms with Gasteiger partial charge in [0, 0.05) is 6.54 Å². The van der Waals surface area contributed by atoms with Crippen LogP contribution < -0.4 is 5.32 Å². The van der Waals surface area contributed by atoms with Crippen molar-refractivity contribution in [2.75, 3.05) is 11.9 Å². The lowest BCUT2D eigenvalue weighted by Gasteiger charge is -2.53. The van der Waals surface area contributed by atoms with Gasteiger partial charge in [0.2, 0.25) is 17.5 Å². The van der Waals surface area contributed by atoms with Crippen LogP contribution in [0.4, 0.5) is 35.0 Å². The summed E-state index contributed by atoms with van der Waals surface area (Å²) < 4.78 is 38.5. The van der Waals surface area contributed by atoms with Crippen molar-refractivity contribution >= 4 is 23.2 Å². The van der Waals surface area contributed by atoms with Crippen LogP contribution in [0.5, 0.6) is 0 Å². The number of likely N-dealkylation sites (tertiary alicyclic amines) is 1. The average molecular weight is 470 g/mol. The molecular formula is C20H21F3N4O6. The van der Waals surface area contributed by atoms with Gasteiger partial charge in [0.1, 0.15) is 5.69 Å². The van der Waals surface area contributed by atoms with Crippen molar-refractivity contribution in [3.8, 4) is 0 Å². The molecule has 2 aromatic carbocycles. The van der Waals surface area contributed by atoms with Gasteiger partial charge in [-0.2, -0.15) is 13.2 Å². The monoisotopic (exact) mass is 470 g/mol. The predicted octanol–water partition coefficient (Wildman–Crippen LogP) is 4.80. The quantitative estimate of drug-likeness (QED) is 0.483. The molecule has 2 unspecified atom stereocenters. The van der Waals surface area contributed by atoms with Crippen molar-refractivity contribution < 1.29 is 32.9 Å². The number of benzene rings is 2. The first kappa shape index (κ1) is 25.4. The first-order valence-corrected chi connectivity index (χ1v) is 9.53. The number of hydrogen-bond acceptors (Lipinski definition) is 6. The molecule has 3 rings (SSSR count). The van der Waals surface area contributed by atoms with E-state index < -0.39 is 44.8 Å². The van der Waals surface area contributed by atoms with Crippen LogP contribution in [-0.2, 0) is 0 Å². The fourth-order valence-corrected chi connectivity index (χ4v) is 3.58. The highest BCUT2D eigenvalue weighted by Crippen LogP contribution is 2.37. The highest BCUT2D eigenvalue weighted by Gasteiger charge is 2.49. The number of amides is 1. The molecule has 1 aliphatic heterocycles. The molecule has 1 heterocycles. The fourth-order valence-electron chi connectivity index (χ4n) is 3.58. The Morgan fingerprint density at radius 2 is 1.45 bits per heavy atom. The Labute approximate surface area is 185 Å². The van der Waals surface area contributed by atoms with E-state index in [4.69, 9.17) is 5.11 Å². The molecule has 33 heavy (non-hydrogen) atoms. The molecule has 0 aromatic heterocycles. The number of carboxylic acid groups (broad SMARTS) is 1. The second-order valence-corrected chi connectivity index (χ2v) is 8.22. The molecule has 0 spiro atoms. The minimum Gasteiger partial charge on any atom is -0.465 e. The van der Waals surface area contributed by atoms with Gasteiger partial charge in [-0.05, 0) is 29.7 Å². The molecule has 2 atom stereocenters. The molecule has 1 aliphatic rings. The van der Waals surface area contributed by atoms with Crippen LogP contribution in [0.1, 0.15) is 20.8 Å². The molecule has 0 bridgehead atoms. The molecule has 13 heteroatoms. The minimum atomic E-state index is -1.16. The van der Waals surface area contributed by atoms with Crippen LogP contribution in [0.25, 0.3) is 0 Å². The molecule has 0 saturated carbocycles. The largest absolute Gasteiger partial charge is 0.465 e. The standard InChI is InChI=1S/C14H18FN3O4.C6H3F2NO2/c1-14(2,3)12-10(7-17(12)13(19)20)16-9-6-4-5-8(15)11(9)18(21)22;7-4-2-1-3-5(8)6(4)9(10)11/h4-6,10,12,16H,7H2,1-3H3,(H,19,20);1-3H. The Kier molecular flexibility index (Phi) is 7.46. The highest BCUT2D eigenvalue weighted by molar-refractivity contribution is 5.69. The smallest absolute Gasteiger partial charge is 0.407 e. The zero-order chi connectivity index (χ0) is 25.1. The Hall–Kier alpha value is -3.90. The lowest BCUT2D eigenvalue weighted by atomic mass is 9.76. The van der Waals surface area contributed by atoms with Crippen molar-refractivity contribution in [1.82, 2.24) is 4.90 Å². The molecule has 0 radical (unpaired) electrons. The molecule has 10 nitrogen and oxygen atoms in total. The Morgan fingerprint density at radius 1 is 1.00 bits per heavy atom. The van der Waals surface area contributed by atoms with Gasteiger partial charge in [0.15, 0.2) is 0 Å². The van der Waals surface area contributed by atoms with E-state index in [0.29, 0.717) is 0 Å². The normalized spacial score (nSPS) is 17.3. The van der Waals surface area contributed by atoms with Gasteiger partial charge in [0.05, 0.1) is 21.9 Å². The van der Waals surface area contributed by atoms with E-state index in [2.05, 4.69) is 5.32 Å². The number of para-hydroxylation sites is 2. The lowest BCUT2D eigenvalue weighted by Crippen LogP contribution is -2.69. The van der Waals surface area contributed by atoms with Crippen LogP contribution >= 0.6 is 0 Å². The predicted molar refractivity (Wildman–Crippen MR) is 111 cm³/mol. The zero-order valence-electron chi connectivity index (χ0n) is 17.8. The number of nitro groups is 2. The minimum absolute atomic E-state index is 0.0642. The number of hydrogen-bond donors (Lipinski definition) is 2. The van der Waals surface area contributed by atoms with Crippen LogP contribution in [0.2, 0.25) is 0 Å². The second-order valence-electron chi connectivity index (χ2n) is 8.22. The summed E-state index contributed by atoms with van der Waals surface area (Å²) in [7, 11) is 0. The number of nitrogens with zero attached hydrogens (tertiary/aromatic N) is 3. The van der Waals surface area contributed by atoms with Gasteiger partial charge in [-0.1, -0.05) is 32.9 Å². The van der Waals surface area contributed by atoms with E-state index in [1.807, 2.05) is 20.8 Å². The summed E-state index contributed by atoms with van der Waals surface area (Å²) in [6, 6.07) is 5.90. The van der Waals surface area contributed by atoms with Crippen LogP contribution in [0.15, 0.2) is 36.4 Å². The van der Waals surface area contributed by atoms with Gasteiger partial charge in [-0.15, -0.1) is 0 Å². The van der Waals surface area contributed by atoms with E-state index in [0.717, 1.165) is 24.3 Å². The highest BCUT2D eigenvalue weighted by atomic mass is 19.1. The zero-order valence-corrected chi connectivity index (χ0v) is 17.8. The van der Waals surface area contributed by atoms with Crippen molar-refractivity contribution in [2.45, 2.75) is 32.9 Å². The third kappa shape index (κ3) is 5.67. The first-order chi connectivity index (χ1) is 15.3.